The molecule has 29 heavy (non-hydrogen) atoms. The molecule has 2 aromatic heterocycles. The highest BCUT2D eigenvalue weighted by molar-refractivity contribution is 5.93. The van der Waals surface area contributed by atoms with Crippen molar-refractivity contribution in [3.8, 4) is 0 Å². The predicted molar refractivity (Wildman–Crippen MR) is 118 cm³/mol. The van der Waals surface area contributed by atoms with Crippen LogP contribution in [-0.2, 0) is 6.54 Å². The van der Waals surface area contributed by atoms with Crippen LogP contribution in [0.4, 0.5) is 17.1 Å². The Kier molecular flexibility index (Phi) is 6.79. The van der Waals surface area contributed by atoms with Crippen LogP contribution in [0.25, 0.3) is 0 Å². The average Bonchev–Trinajstić information content (AvgIpc) is 2.75. The molecule has 0 fully saturated rings. The van der Waals surface area contributed by atoms with Gasteiger partial charge >= 0.3 is 0 Å². The summed E-state index contributed by atoms with van der Waals surface area (Å²) in [5.74, 6) is -0.229. The van der Waals surface area contributed by atoms with Gasteiger partial charge in [0.15, 0.2) is 0 Å². The molecule has 3 rings (SSSR count). The van der Waals surface area contributed by atoms with Crippen LogP contribution in [0.5, 0.6) is 0 Å². The van der Waals surface area contributed by atoms with Crippen LogP contribution >= 0.6 is 0 Å². The third-order valence-corrected chi connectivity index (χ3v) is 4.77. The monoisotopic (exact) mass is 389 g/mol. The third-order valence-electron chi connectivity index (χ3n) is 4.77. The summed E-state index contributed by atoms with van der Waals surface area (Å²) in [6, 6.07) is 15.6. The maximum absolute atomic E-state index is 12.4. The van der Waals surface area contributed by atoms with E-state index in [2.05, 4.69) is 64.5 Å². The van der Waals surface area contributed by atoms with Gasteiger partial charge in [0.2, 0.25) is 0 Å². The standard InChI is InChI=1S/C23H27N5O/c1-4-28(5-2)20-9-10-21(17(3)14-20)27-18-11-13-25-22(15-18)23(29)26-16-19-8-6-7-12-24-19/h6-15H,4-5,16H2,1-3H3,(H,25,27)(H,26,29). The molecule has 0 spiro atoms. The van der Waals surface area contributed by atoms with Gasteiger partial charge in [-0.3, -0.25) is 14.8 Å². The second kappa shape index (κ2) is 9.68. The zero-order valence-corrected chi connectivity index (χ0v) is 17.1. The van der Waals surface area contributed by atoms with Gasteiger partial charge in [0, 0.05) is 42.5 Å². The fourth-order valence-electron chi connectivity index (χ4n) is 3.13. The van der Waals surface area contributed by atoms with E-state index in [0.29, 0.717) is 12.2 Å². The molecular weight excluding hydrogens is 362 g/mol. The number of nitrogens with one attached hydrogen (secondary N) is 2. The molecule has 150 valence electrons. The molecule has 0 unspecified atom stereocenters. The Morgan fingerprint density at radius 3 is 2.52 bits per heavy atom. The number of carbonyl (C=O) groups is 1. The van der Waals surface area contributed by atoms with Gasteiger partial charge in [0.05, 0.1) is 12.2 Å². The van der Waals surface area contributed by atoms with E-state index in [-0.39, 0.29) is 5.91 Å². The largest absolute Gasteiger partial charge is 0.372 e. The van der Waals surface area contributed by atoms with Gasteiger partial charge < -0.3 is 15.5 Å². The van der Waals surface area contributed by atoms with Crippen LogP contribution in [0, 0.1) is 6.92 Å². The highest BCUT2D eigenvalue weighted by Crippen LogP contribution is 2.25. The molecule has 0 radical (unpaired) electrons. The molecule has 0 saturated heterocycles. The molecular formula is C23H27N5O. The molecule has 1 amide bonds. The fourth-order valence-corrected chi connectivity index (χ4v) is 3.13. The lowest BCUT2D eigenvalue weighted by molar-refractivity contribution is 0.0945. The molecule has 0 aliphatic rings. The normalized spacial score (nSPS) is 10.4. The van der Waals surface area contributed by atoms with Gasteiger partial charge in [-0.05, 0) is 68.8 Å². The number of nitrogens with zero attached hydrogens (tertiary/aromatic N) is 3. The summed E-state index contributed by atoms with van der Waals surface area (Å²) < 4.78 is 0. The molecule has 6 nitrogen and oxygen atoms in total. The molecule has 1 aromatic carbocycles. The zero-order chi connectivity index (χ0) is 20.6. The summed E-state index contributed by atoms with van der Waals surface area (Å²) in [4.78, 5) is 23.2. The van der Waals surface area contributed by atoms with Gasteiger partial charge in [-0.1, -0.05) is 6.07 Å². The summed E-state index contributed by atoms with van der Waals surface area (Å²) in [5, 5.41) is 6.25. The van der Waals surface area contributed by atoms with Gasteiger partial charge in [0.1, 0.15) is 5.69 Å². The summed E-state index contributed by atoms with van der Waals surface area (Å²) in [6.07, 6.45) is 3.34. The Morgan fingerprint density at radius 2 is 1.83 bits per heavy atom. The van der Waals surface area contributed by atoms with Crippen molar-refractivity contribution in [1.82, 2.24) is 15.3 Å². The number of pyridine rings is 2. The van der Waals surface area contributed by atoms with Crippen molar-refractivity contribution in [3.63, 3.8) is 0 Å². The Balaban J connectivity index is 1.68. The lowest BCUT2D eigenvalue weighted by Crippen LogP contribution is -2.24. The highest BCUT2D eigenvalue weighted by Gasteiger charge is 2.10. The average molecular weight is 390 g/mol. The van der Waals surface area contributed by atoms with E-state index in [1.54, 1.807) is 18.5 Å². The maximum atomic E-state index is 12.4. The van der Waals surface area contributed by atoms with Crippen molar-refractivity contribution >= 4 is 23.0 Å². The third kappa shape index (κ3) is 5.31. The number of anilines is 3. The van der Waals surface area contributed by atoms with Crippen molar-refractivity contribution in [2.75, 3.05) is 23.3 Å². The molecule has 2 heterocycles. The molecule has 0 atom stereocenters. The van der Waals surface area contributed by atoms with E-state index in [4.69, 9.17) is 0 Å². The first-order valence-electron chi connectivity index (χ1n) is 9.87. The zero-order valence-electron chi connectivity index (χ0n) is 17.1. The lowest BCUT2D eigenvalue weighted by atomic mass is 10.1. The number of aryl methyl sites for hydroxylation is 1. The minimum Gasteiger partial charge on any atom is -0.372 e. The number of benzene rings is 1. The number of carbonyl (C=O) groups excluding carboxylic acids is 1. The first-order valence-corrected chi connectivity index (χ1v) is 9.87. The number of hydrogen-bond acceptors (Lipinski definition) is 5. The number of amides is 1. The molecule has 0 aliphatic carbocycles. The SMILES string of the molecule is CCN(CC)c1ccc(Nc2ccnc(C(=O)NCc3ccccn3)c2)c(C)c1. The minimum atomic E-state index is -0.229. The van der Waals surface area contributed by atoms with Crippen LogP contribution in [0.2, 0.25) is 0 Å². The van der Waals surface area contributed by atoms with Gasteiger partial charge in [0.25, 0.3) is 5.91 Å². The molecule has 2 N–H and O–H groups in total. The van der Waals surface area contributed by atoms with Crippen molar-refractivity contribution in [1.29, 1.82) is 0 Å². The quantitative estimate of drug-likeness (QED) is 0.601. The van der Waals surface area contributed by atoms with Crippen molar-refractivity contribution < 1.29 is 4.79 Å². The summed E-state index contributed by atoms with van der Waals surface area (Å²) >= 11 is 0. The van der Waals surface area contributed by atoms with Crippen molar-refractivity contribution in [2.45, 2.75) is 27.3 Å². The first kappa shape index (κ1) is 20.3. The van der Waals surface area contributed by atoms with Crippen LogP contribution in [0.3, 0.4) is 0 Å². The Morgan fingerprint density at radius 1 is 1.00 bits per heavy atom. The summed E-state index contributed by atoms with van der Waals surface area (Å²) in [7, 11) is 0. The highest BCUT2D eigenvalue weighted by atomic mass is 16.1. The molecule has 3 aromatic rings. The molecule has 0 aliphatic heterocycles. The molecule has 0 saturated carbocycles. The smallest absolute Gasteiger partial charge is 0.270 e. The van der Waals surface area contributed by atoms with E-state index in [1.165, 1.54) is 5.69 Å². The van der Waals surface area contributed by atoms with Gasteiger partial charge in [-0.2, -0.15) is 0 Å². The Labute approximate surface area is 172 Å². The van der Waals surface area contributed by atoms with Gasteiger partial charge in [-0.25, -0.2) is 0 Å². The minimum absolute atomic E-state index is 0.229. The van der Waals surface area contributed by atoms with Crippen LogP contribution in [0.15, 0.2) is 60.9 Å². The first-order chi connectivity index (χ1) is 14.1. The Hall–Kier alpha value is -3.41. The summed E-state index contributed by atoms with van der Waals surface area (Å²) in [5.41, 5.74) is 5.35. The van der Waals surface area contributed by atoms with Crippen LogP contribution in [0.1, 0.15) is 35.6 Å². The predicted octanol–water partition coefficient (Wildman–Crippen LogP) is 4.30. The van der Waals surface area contributed by atoms with E-state index in [9.17, 15) is 4.79 Å². The van der Waals surface area contributed by atoms with Crippen molar-refractivity contribution in [2.24, 2.45) is 0 Å². The van der Waals surface area contributed by atoms with Crippen LogP contribution < -0.4 is 15.5 Å². The number of aromatic nitrogens is 2. The molecule has 6 heteroatoms. The van der Waals surface area contributed by atoms with Gasteiger partial charge in [-0.15, -0.1) is 0 Å². The summed E-state index contributed by atoms with van der Waals surface area (Å²) in [6.45, 7) is 8.71. The topological polar surface area (TPSA) is 70.2 Å². The second-order valence-corrected chi connectivity index (χ2v) is 6.73. The molecule has 0 bridgehead atoms. The Bertz CT molecular complexity index is 954. The van der Waals surface area contributed by atoms with E-state index in [1.807, 2.05) is 24.3 Å². The fraction of sp³-hybridized carbons (Fsp3) is 0.261. The van der Waals surface area contributed by atoms with E-state index < -0.39 is 0 Å². The lowest BCUT2D eigenvalue weighted by Gasteiger charge is -2.22. The van der Waals surface area contributed by atoms with Crippen molar-refractivity contribution in [3.05, 3.63) is 77.9 Å². The van der Waals surface area contributed by atoms with Crippen LogP contribution in [-0.4, -0.2) is 29.0 Å². The maximum Gasteiger partial charge on any atom is 0.270 e. The second-order valence-electron chi connectivity index (χ2n) is 6.73. The van der Waals surface area contributed by atoms with E-state index in [0.717, 1.165) is 35.7 Å². The van der Waals surface area contributed by atoms with E-state index >= 15 is 0 Å². The number of rotatable bonds is 8. The number of hydrogen-bond donors (Lipinski definition) is 2.